The normalized spacial score (nSPS) is 23.7. The maximum absolute atomic E-state index is 3.79. The van der Waals surface area contributed by atoms with Crippen molar-refractivity contribution in [3.8, 4) is 0 Å². The van der Waals surface area contributed by atoms with Crippen LogP contribution in [0.25, 0.3) is 0 Å². The molecule has 1 aromatic rings. The molecular formula is C19H31N3. The Morgan fingerprint density at radius 1 is 1.09 bits per heavy atom. The second-order valence-corrected chi connectivity index (χ2v) is 7.20. The Labute approximate surface area is 135 Å². The lowest BCUT2D eigenvalue weighted by Gasteiger charge is -2.35. The number of likely N-dealkylation sites (tertiary alicyclic amines) is 1. The predicted molar refractivity (Wildman–Crippen MR) is 93.4 cm³/mol. The molecule has 1 N–H and O–H groups in total. The molecule has 1 heterocycles. The maximum atomic E-state index is 3.79. The highest BCUT2D eigenvalue weighted by atomic mass is 15.2. The van der Waals surface area contributed by atoms with Gasteiger partial charge in [-0.3, -0.25) is 0 Å². The average Bonchev–Trinajstić information content (AvgIpc) is 2.55. The summed E-state index contributed by atoms with van der Waals surface area (Å²) in [5.41, 5.74) is 3.12. The van der Waals surface area contributed by atoms with Crippen LogP contribution >= 0.6 is 0 Å². The van der Waals surface area contributed by atoms with Gasteiger partial charge in [-0.15, -0.1) is 0 Å². The van der Waals surface area contributed by atoms with Gasteiger partial charge in [0.25, 0.3) is 0 Å². The van der Waals surface area contributed by atoms with Crippen molar-refractivity contribution >= 4 is 0 Å². The minimum absolute atomic E-state index is 0.675. The van der Waals surface area contributed by atoms with Gasteiger partial charge in [0.2, 0.25) is 0 Å². The largest absolute Gasteiger partial charge is 0.312 e. The molecule has 2 aliphatic rings. The topological polar surface area (TPSA) is 18.5 Å². The predicted octanol–water partition coefficient (Wildman–Crippen LogP) is 2.16. The van der Waals surface area contributed by atoms with Gasteiger partial charge >= 0.3 is 0 Å². The molecule has 0 aromatic heterocycles. The van der Waals surface area contributed by atoms with E-state index in [2.05, 4.69) is 53.5 Å². The molecule has 1 aliphatic heterocycles. The Hall–Kier alpha value is -0.900. The molecule has 0 saturated carbocycles. The molecule has 0 radical (unpaired) electrons. The van der Waals surface area contributed by atoms with Crippen LogP contribution in [0.15, 0.2) is 24.3 Å². The number of hydrogen-bond acceptors (Lipinski definition) is 3. The Balaban J connectivity index is 1.36. The number of benzene rings is 1. The van der Waals surface area contributed by atoms with Gasteiger partial charge in [0.05, 0.1) is 0 Å². The minimum atomic E-state index is 0.675. The smallest absolute Gasteiger partial charge is 0.0113 e. The van der Waals surface area contributed by atoms with Crippen LogP contribution in [0.1, 0.15) is 30.4 Å². The lowest BCUT2D eigenvalue weighted by atomic mass is 9.88. The summed E-state index contributed by atoms with van der Waals surface area (Å²) in [5, 5.41) is 3.79. The lowest BCUT2D eigenvalue weighted by molar-refractivity contribution is 0.144. The van der Waals surface area contributed by atoms with Crippen LogP contribution in [-0.4, -0.2) is 62.2 Å². The van der Waals surface area contributed by atoms with E-state index in [-0.39, 0.29) is 0 Å². The molecule has 3 rings (SSSR count). The van der Waals surface area contributed by atoms with Gasteiger partial charge in [0, 0.05) is 25.2 Å². The van der Waals surface area contributed by atoms with Crippen molar-refractivity contribution in [3.05, 3.63) is 35.4 Å². The first kappa shape index (κ1) is 16.0. The van der Waals surface area contributed by atoms with Crippen molar-refractivity contribution in [2.75, 3.05) is 40.3 Å². The number of aryl methyl sites for hydroxylation is 1. The van der Waals surface area contributed by atoms with Crippen molar-refractivity contribution in [2.24, 2.45) is 0 Å². The summed E-state index contributed by atoms with van der Waals surface area (Å²) in [5.74, 6) is 0. The minimum Gasteiger partial charge on any atom is -0.312 e. The molecule has 1 fully saturated rings. The summed E-state index contributed by atoms with van der Waals surface area (Å²) >= 11 is 0. The van der Waals surface area contributed by atoms with Crippen molar-refractivity contribution in [2.45, 2.75) is 44.2 Å². The van der Waals surface area contributed by atoms with Crippen LogP contribution in [0.4, 0.5) is 0 Å². The molecule has 0 unspecified atom stereocenters. The zero-order valence-electron chi connectivity index (χ0n) is 14.2. The van der Waals surface area contributed by atoms with Gasteiger partial charge in [-0.05, 0) is 70.4 Å². The highest BCUT2D eigenvalue weighted by Crippen LogP contribution is 2.21. The van der Waals surface area contributed by atoms with Gasteiger partial charge < -0.3 is 15.1 Å². The van der Waals surface area contributed by atoms with Gasteiger partial charge in [-0.1, -0.05) is 24.3 Å². The van der Waals surface area contributed by atoms with Crippen LogP contribution in [0.2, 0.25) is 0 Å². The van der Waals surface area contributed by atoms with Gasteiger partial charge in [-0.2, -0.15) is 0 Å². The summed E-state index contributed by atoms with van der Waals surface area (Å²) < 4.78 is 0. The molecule has 1 atom stereocenters. The number of nitrogens with one attached hydrogen (secondary N) is 1. The van der Waals surface area contributed by atoms with Gasteiger partial charge in [0.15, 0.2) is 0 Å². The van der Waals surface area contributed by atoms with E-state index >= 15 is 0 Å². The number of hydrogen-bond donors (Lipinski definition) is 1. The molecule has 1 saturated heterocycles. The van der Waals surface area contributed by atoms with E-state index in [1.807, 2.05) is 0 Å². The van der Waals surface area contributed by atoms with E-state index in [1.165, 1.54) is 51.7 Å². The highest BCUT2D eigenvalue weighted by molar-refractivity contribution is 5.30. The first-order valence-electron chi connectivity index (χ1n) is 8.91. The Kier molecular flexibility index (Phi) is 5.51. The summed E-state index contributed by atoms with van der Waals surface area (Å²) in [6, 6.07) is 10.4. The van der Waals surface area contributed by atoms with Crippen molar-refractivity contribution < 1.29 is 0 Å². The van der Waals surface area contributed by atoms with Gasteiger partial charge in [0.1, 0.15) is 0 Å². The van der Waals surface area contributed by atoms with Gasteiger partial charge in [-0.25, -0.2) is 0 Å². The van der Waals surface area contributed by atoms with Crippen LogP contribution in [0.5, 0.6) is 0 Å². The summed E-state index contributed by atoms with van der Waals surface area (Å²) in [6.07, 6.45) is 6.38. The van der Waals surface area contributed by atoms with E-state index in [0.29, 0.717) is 6.04 Å². The molecule has 1 aliphatic carbocycles. The monoisotopic (exact) mass is 301 g/mol. The summed E-state index contributed by atoms with van der Waals surface area (Å²) in [4.78, 5) is 5.01. The zero-order chi connectivity index (χ0) is 15.4. The summed E-state index contributed by atoms with van der Waals surface area (Å²) in [6.45, 7) is 4.87. The molecule has 0 bridgehead atoms. The van der Waals surface area contributed by atoms with Crippen molar-refractivity contribution in [3.63, 3.8) is 0 Å². The molecule has 3 nitrogen and oxygen atoms in total. The fourth-order valence-corrected chi connectivity index (χ4v) is 3.96. The first-order valence-corrected chi connectivity index (χ1v) is 8.91. The second-order valence-electron chi connectivity index (χ2n) is 7.20. The molecule has 122 valence electrons. The molecule has 0 spiro atoms. The van der Waals surface area contributed by atoms with Crippen LogP contribution < -0.4 is 5.32 Å². The van der Waals surface area contributed by atoms with Crippen LogP contribution in [0, 0.1) is 0 Å². The van der Waals surface area contributed by atoms with Crippen molar-refractivity contribution in [1.82, 2.24) is 15.1 Å². The first-order chi connectivity index (χ1) is 10.7. The van der Waals surface area contributed by atoms with Crippen molar-refractivity contribution in [1.29, 1.82) is 0 Å². The van der Waals surface area contributed by atoms with Crippen LogP contribution in [-0.2, 0) is 12.8 Å². The fourth-order valence-electron chi connectivity index (χ4n) is 3.96. The third-order valence-electron chi connectivity index (χ3n) is 5.50. The maximum Gasteiger partial charge on any atom is 0.0113 e. The molecule has 22 heavy (non-hydrogen) atoms. The quantitative estimate of drug-likeness (QED) is 0.899. The average molecular weight is 301 g/mol. The third kappa shape index (κ3) is 4.09. The molecule has 3 heteroatoms. The summed E-state index contributed by atoms with van der Waals surface area (Å²) in [7, 11) is 4.42. The van der Waals surface area contributed by atoms with E-state index in [9.17, 15) is 0 Å². The Bertz CT molecular complexity index is 464. The molecule has 0 amide bonds. The number of piperidine rings is 1. The lowest BCUT2D eigenvalue weighted by Crippen LogP contribution is -2.45. The fraction of sp³-hybridized carbons (Fsp3) is 0.684. The highest BCUT2D eigenvalue weighted by Gasteiger charge is 2.21. The zero-order valence-corrected chi connectivity index (χ0v) is 14.2. The third-order valence-corrected chi connectivity index (χ3v) is 5.50. The Morgan fingerprint density at radius 2 is 1.82 bits per heavy atom. The molecule has 1 aromatic carbocycles. The number of nitrogens with zero attached hydrogens (tertiary/aromatic N) is 2. The molecular weight excluding hydrogens is 270 g/mol. The van der Waals surface area contributed by atoms with E-state index in [4.69, 9.17) is 0 Å². The number of rotatable bonds is 5. The van der Waals surface area contributed by atoms with Crippen LogP contribution in [0.3, 0.4) is 0 Å². The number of fused-ring (bicyclic) bond motifs is 1. The van der Waals surface area contributed by atoms with E-state index in [1.54, 1.807) is 11.1 Å². The second kappa shape index (κ2) is 7.58. The Morgan fingerprint density at radius 3 is 2.55 bits per heavy atom. The van der Waals surface area contributed by atoms with E-state index in [0.717, 1.165) is 12.6 Å². The standard InChI is InChI=1S/C19H31N3/c1-21(2)19-9-12-22(13-10-19)14-11-20-18-8-7-16-5-3-4-6-17(16)15-18/h3-6,18-20H,7-15H2,1-2H3/t18-/m0/s1. The van der Waals surface area contributed by atoms with E-state index < -0.39 is 0 Å². The SMILES string of the molecule is CN(C)C1CCN(CCN[C@H]2CCc3ccccc3C2)CC1.